The van der Waals surface area contributed by atoms with Crippen LogP contribution in [0.4, 0.5) is 24.5 Å². The second kappa shape index (κ2) is 8.17. The van der Waals surface area contributed by atoms with Crippen molar-refractivity contribution in [2.45, 2.75) is 32.0 Å². The van der Waals surface area contributed by atoms with Gasteiger partial charge in [-0.25, -0.2) is 0 Å². The van der Waals surface area contributed by atoms with Gasteiger partial charge in [0.1, 0.15) is 0 Å². The number of para-hydroxylation sites is 1. The zero-order chi connectivity index (χ0) is 19.4. The van der Waals surface area contributed by atoms with Crippen molar-refractivity contribution < 1.29 is 13.2 Å². The second-order valence-corrected chi connectivity index (χ2v) is 7.09. The van der Waals surface area contributed by atoms with Crippen molar-refractivity contribution in [1.29, 1.82) is 0 Å². The molecule has 7 heteroatoms. The number of rotatable bonds is 5. The summed E-state index contributed by atoms with van der Waals surface area (Å²) >= 11 is 5.22. The molecule has 1 atom stereocenters. The van der Waals surface area contributed by atoms with Gasteiger partial charge in [0, 0.05) is 30.5 Å². The molecule has 1 heterocycles. The third kappa shape index (κ3) is 4.91. The van der Waals surface area contributed by atoms with Crippen LogP contribution >= 0.6 is 12.2 Å². The average Bonchev–Trinajstić information content (AvgIpc) is 2.94. The first-order chi connectivity index (χ1) is 12.8. The van der Waals surface area contributed by atoms with Crippen molar-refractivity contribution in [3.63, 3.8) is 0 Å². The average molecular weight is 393 g/mol. The first-order valence-electron chi connectivity index (χ1n) is 8.91. The highest BCUT2D eigenvalue weighted by Crippen LogP contribution is 2.31. The first-order valence-corrected chi connectivity index (χ1v) is 9.32. The van der Waals surface area contributed by atoms with Gasteiger partial charge in [0.25, 0.3) is 0 Å². The number of fused-ring (bicyclic) bond motifs is 1. The smallest absolute Gasteiger partial charge is 0.368 e. The SMILES string of the molecule is CC1Cc2ccccc2N1CCCNC(=S)Nc1ccc(C(F)(F)F)cc1. The van der Waals surface area contributed by atoms with Crippen LogP contribution in [0.15, 0.2) is 48.5 Å². The molecule has 144 valence electrons. The molecule has 0 radical (unpaired) electrons. The van der Waals surface area contributed by atoms with Gasteiger partial charge in [0.2, 0.25) is 0 Å². The third-order valence-corrected chi connectivity index (χ3v) is 4.93. The van der Waals surface area contributed by atoms with E-state index in [2.05, 4.69) is 46.7 Å². The molecule has 0 aliphatic carbocycles. The van der Waals surface area contributed by atoms with Crippen LogP contribution in [0.3, 0.4) is 0 Å². The molecular formula is C20H22F3N3S. The quantitative estimate of drug-likeness (QED) is 0.562. The molecular weight excluding hydrogens is 371 g/mol. The summed E-state index contributed by atoms with van der Waals surface area (Å²) in [5.41, 5.74) is 2.54. The van der Waals surface area contributed by atoms with Gasteiger partial charge in [0.05, 0.1) is 5.56 Å². The largest absolute Gasteiger partial charge is 0.416 e. The topological polar surface area (TPSA) is 27.3 Å². The van der Waals surface area contributed by atoms with Crippen molar-refractivity contribution in [3.05, 3.63) is 59.7 Å². The number of hydrogen-bond acceptors (Lipinski definition) is 2. The van der Waals surface area contributed by atoms with Gasteiger partial charge in [0.15, 0.2) is 5.11 Å². The minimum Gasteiger partial charge on any atom is -0.368 e. The highest BCUT2D eigenvalue weighted by molar-refractivity contribution is 7.80. The van der Waals surface area contributed by atoms with Crippen LogP contribution in [-0.2, 0) is 12.6 Å². The van der Waals surface area contributed by atoms with Gasteiger partial charge in [-0.05, 0) is 67.9 Å². The summed E-state index contributed by atoms with van der Waals surface area (Å²) in [5, 5.41) is 6.43. The minimum absolute atomic E-state index is 0.407. The van der Waals surface area contributed by atoms with Crippen molar-refractivity contribution in [3.8, 4) is 0 Å². The van der Waals surface area contributed by atoms with Gasteiger partial charge in [-0.2, -0.15) is 13.2 Å². The molecule has 2 N–H and O–H groups in total. The normalized spacial score (nSPS) is 16.1. The van der Waals surface area contributed by atoms with E-state index in [4.69, 9.17) is 12.2 Å². The lowest BCUT2D eigenvalue weighted by atomic mass is 10.1. The van der Waals surface area contributed by atoms with Crippen LogP contribution in [0.2, 0.25) is 0 Å². The molecule has 1 unspecified atom stereocenters. The molecule has 0 saturated heterocycles. The maximum atomic E-state index is 12.6. The number of benzene rings is 2. The summed E-state index contributed by atoms with van der Waals surface area (Å²) < 4.78 is 37.7. The van der Waals surface area contributed by atoms with E-state index in [-0.39, 0.29) is 0 Å². The molecule has 1 aliphatic heterocycles. The number of halogens is 3. The molecule has 3 nitrogen and oxygen atoms in total. The predicted molar refractivity (Wildman–Crippen MR) is 107 cm³/mol. The van der Waals surface area contributed by atoms with Gasteiger partial charge >= 0.3 is 6.18 Å². The molecule has 0 saturated carbocycles. The van der Waals surface area contributed by atoms with E-state index in [0.29, 0.717) is 23.4 Å². The Kier molecular flexibility index (Phi) is 5.89. The highest BCUT2D eigenvalue weighted by Gasteiger charge is 2.30. The highest BCUT2D eigenvalue weighted by atomic mass is 32.1. The molecule has 2 aromatic rings. The fourth-order valence-corrected chi connectivity index (χ4v) is 3.56. The van der Waals surface area contributed by atoms with Crippen LogP contribution in [0, 0.1) is 0 Å². The van der Waals surface area contributed by atoms with E-state index >= 15 is 0 Å². The summed E-state index contributed by atoms with van der Waals surface area (Å²) in [5.74, 6) is 0. The Hall–Kier alpha value is -2.28. The number of nitrogens with zero attached hydrogens (tertiary/aromatic N) is 1. The second-order valence-electron chi connectivity index (χ2n) is 6.68. The number of hydrogen-bond donors (Lipinski definition) is 2. The summed E-state index contributed by atoms with van der Waals surface area (Å²) in [6.07, 6.45) is -2.35. The molecule has 0 bridgehead atoms. The van der Waals surface area contributed by atoms with Gasteiger partial charge < -0.3 is 15.5 Å². The fraction of sp³-hybridized carbons (Fsp3) is 0.350. The van der Waals surface area contributed by atoms with E-state index in [1.807, 2.05) is 0 Å². The van der Waals surface area contributed by atoms with E-state index in [0.717, 1.165) is 31.5 Å². The molecule has 3 rings (SSSR count). The standard InChI is InChI=1S/C20H22F3N3S/c1-14-13-15-5-2-3-6-18(15)26(14)12-4-11-24-19(27)25-17-9-7-16(8-10-17)20(21,22)23/h2-3,5-10,14H,4,11-13H2,1H3,(H2,24,25,27). The third-order valence-electron chi connectivity index (χ3n) is 4.68. The molecule has 1 aliphatic rings. The number of alkyl halides is 3. The molecule has 0 amide bonds. The Labute approximate surface area is 162 Å². The van der Waals surface area contributed by atoms with E-state index < -0.39 is 11.7 Å². The lowest BCUT2D eigenvalue weighted by molar-refractivity contribution is -0.137. The van der Waals surface area contributed by atoms with Crippen LogP contribution in [0.1, 0.15) is 24.5 Å². The molecule has 2 aromatic carbocycles. The zero-order valence-corrected chi connectivity index (χ0v) is 15.8. The number of thiocarbonyl (C=S) groups is 1. The number of nitrogens with one attached hydrogen (secondary N) is 2. The van der Waals surface area contributed by atoms with E-state index in [1.54, 1.807) is 0 Å². The van der Waals surface area contributed by atoms with Gasteiger partial charge in [-0.3, -0.25) is 0 Å². The predicted octanol–water partition coefficient (Wildman–Crippen LogP) is 4.83. The summed E-state index contributed by atoms with van der Waals surface area (Å²) in [4.78, 5) is 2.41. The molecule has 0 spiro atoms. The lowest BCUT2D eigenvalue weighted by Crippen LogP contribution is -2.34. The van der Waals surface area contributed by atoms with Crippen molar-refractivity contribution in [1.82, 2.24) is 5.32 Å². The summed E-state index contributed by atoms with van der Waals surface area (Å²) in [6.45, 7) is 3.84. The lowest BCUT2D eigenvalue weighted by Gasteiger charge is -2.25. The fourth-order valence-electron chi connectivity index (χ4n) is 3.34. The summed E-state index contributed by atoms with van der Waals surface area (Å²) in [7, 11) is 0. The van der Waals surface area contributed by atoms with Gasteiger partial charge in [-0.1, -0.05) is 18.2 Å². The Morgan fingerprint density at radius 3 is 2.56 bits per heavy atom. The minimum atomic E-state index is -4.33. The van der Waals surface area contributed by atoms with Crippen LogP contribution in [0.25, 0.3) is 0 Å². The van der Waals surface area contributed by atoms with E-state index in [9.17, 15) is 13.2 Å². The van der Waals surface area contributed by atoms with Crippen LogP contribution in [0.5, 0.6) is 0 Å². The van der Waals surface area contributed by atoms with Crippen molar-refractivity contribution in [2.75, 3.05) is 23.3 Å². The Balaban J connectivity index is 1.43. The molecule has 0 fully saturated rings. The van der Waals surface area contributed by atoms with E-state index in [1.165, 1.54) is 23.4 Å². The Morgan fingerprint density at radius 2 is 1.85 bits per heavy atom. The number of anilines is 2. The molecule has 0 aromatic heterocycles. The molecule has 27 heavy (non-hydrogen) atoms. The first kappa shape index (κ1) is 19.5. The summed E-state index contributed by atoms with van der Waals surface area (Å²) in [6, 6.07) is 13.8. The van der Waals surface area contributed by atoms with Crippen molar-refractivity contribution in [2.24, 2.45) is 0 Å². The van der Waals surface area contributed by atoms with Crippen LogP contribution in [-0.4, -0.2) is 24.2 Å². The maximum absolute atomic E-state index is 12.6. The van der Waals surface area contributed by atoms with Crippen LogP contribution < -0.4 is 15.5 Å². The monoisotopic (exact) mass is 393 g/mol. The Morgan fingerprint density at radius 1 is 1.15 bits per heavy atom. The van der Waals surface area contributed by atoms with Crippen molar-refractivity contribution >= 4 is 28.7 Å². The Bertz CT molecular complexity index is 790. The maximum Gasteiger partial charge on any atom is 0.416 e. The van der Waals surface area contributed by atoms with Gasteiger partial charge in [-0.15, -0.1) is 0 Å². The zero-order valence-electron chi connectivity index (χ0n) is 15.0.